The van der Waals surface area contributed by atoms with Gasteiger partial charge in [-0.3, -0.25) is 4.98 Å². The van der Waals surface area contributed by atoms with E-state index >= 15 is 0 Å². The van der Waals surface area contributed by atoms with E-state index in [-0.39, 0.29) is 0 Å². The normalized spacial score (nSPS) is 10.7. The van der Waals surface area contributed by atoms with Crippen LogP contribution in [0.1, 0.15) is 22.4 Å². The van der Waals surface area contributed by atoms with Gasteiger partial charge in [-0.2, -0.15) is 0 Å². The van der Waals surface area contributed by atoms with Crippen molar-refractivity contribution in [1.29, 1.82) is 0 Å². The molecule has 2 aromatic heterocycles. The summed E-state index contributed by atoms with van der Waals surface area (Å²) in [6.45, 7) is 4.05. The zero-order valence-corrected chi connectivity index (χ0v) is 13.3. The molecule has 3 aromatic rings. The molecule has 0 radical (unpaired) electrons. The van der Waals surface area contributed by atoms with Gasteiger partial charge in [0, 0.05) is 23.9 Å². The lowest BCUT2D eigenvalue weighted by molar-refractivity contribution is 1.01. The Kier molecular flexibility index (Phi) is 4.16. The second-order valence-corrected chi connectivity index (χ2v) is 5.64. The fourth-order valence-electron chi connectivity index (χ4n) is 2.40. The van der Waals surface area contributed by atoms with Crippen molar-refractivity contribution in [1.82, 2.24) is 15.0 Å². The molecule has 0 aliphatic carbocycles. The fraction of sp³-hybridized carbons (Fsp3) is 0.167. The van der Waals surface area contributed by atoms with Crippen molar-refractivity contribution in [3.63, 3.8) is 0 Å². The molecule has 1 aromatic carbocycles. The summed E-state index contributed by atoms with van der Waals surface area (Å²) in [7, 11) is 0. The van der Waals surface area contributed by atoms with Gasteiger partial charge in [0.05, 0.1) is 0 Å². The van der Waals surface area contributed by atoms with E-state index in [1.807, 2.05) is 25.1 Å². The van der Waals surface area contributed by atoms with E-state index in [0.29, 0.717) is 11.0 Å². The Hall–Kier alpha value is -2.26. The molecule has 22 heavy (non-hydrogen) atoms. The van der Waals surface area contributed by atoms with E-state index in [1.165, 1.54) is 11.1 Å². The van der Waals surface area contributed by atoms with Crippen LogP contribution in [0.5, 0.6) is 0 Å². The summed E-state index contributed by atoms with van der Waals surface area (Å²) >= 11 is 6.40. The molecule has 0 unspecified atom stereocenters. The minimum atomic E-state index is 0.495. The quantitative estimate of drug-likeness (QED) is 0.673. The number of hydrogen-bond acceptors (Lipinski definition) is 3. The number of nitrogens with zero attached hydrogens (tertiary/aromatic N) is 3. The lowest BCUT2D eigenvalue weighted by Crippen LogP contribution is -2.02. The fourth-order valence-corrected chi connectivity index (χ4v) is 2.68. The van der Waals surface area contributed by atoms with Crippen LogP contribution < -0.4 is 0 Å². The Bertz CT molecular complexity index is 777. The maximum atomic E-state index is 6.40. The molecule has 0 atom stereocenters. The van der Waals surface area contributed by atoms with Gasteiger partial charge in [-0.25, -0.2) is 9.97 Å². The number of benzene rings is 1. The van der Waals surface area contributed by atoms with Crippen LogP contribution in [-0.4, -0.2) is 15.0 Å². The van der Waals surface area contributed by atoms with Crippen molar-refractivity contribution < 1.29 is 0 Å². The Morgan fingerprint density at radius 1 is 1.00 bits per heavy atom. The van der Waals surface area contributed by atoms with Crippen LogP contribution in [0.3, 0.4) is 0 Å². The van der Waals surface area contributed by atoms with Gasteiger partial charge in [-0.1, -0.05) is 47.5 Å². The zero-order valence-electron chi connectivity index (χ0n) is 12.5. The van der Waals surface area contributed by atoms with Crippen LogP contribution in [-0.2, 0) is 6.42 Å². The molecular weight excluding hydrogens is 294 g/mol. The molecule has 110 valence electrons. The van der Waals surface area contributed by atoms with Crippen LogP contribution in [0.4, 0.5) is 0 Å². The molecule has 0 spiro atoms. The van der Waals surface area contributed by atoms with E-state index in [1.54, 1.807) is 6.20 Å². The predicted molar refractivity (Wildman–Crippen MR) is 89.0 cm³/mol. The van der Waals surface area contributed by atoms with E-state index in [0.717, 1.165) is 23.4 Å². The largest absolute Gasteiger partial charge is 0.253 e. The molecule has 3 rings (SSSR count). The highest BCUT2D eigenvalue weighted by Gasteiger charge is 2.12. The van der Waals surface area contributed by atoms with E-state index in [2.05, 4.69) is 46.1 Å². The average molecular weight is 310 g/mol. The first kappa shape index (κ1) is 14.7. The number of hydrogen-bond donors (Lipinski definition) is 0. The third-order valence-electron chi connectivity index (χ3n) is 3.52. The summed E-state index contributed by atoms with van der Waals surface area (Å²) in [4.78, 5) is 13.3. The summed E-state index contributed by atoms with van der Waals surface area (Å²) < 4.78 is 0. The summed E-state index contributed by atoms with van der Waals surface area (Å²) in [5.41, 5.74) is 5.03. The smallest absolute Gasteiger partial charge is 0.179 e. The molecule has 0 aliphatic rings. The van der Waals surface area contributed by atoms with Crippen LogP contribution in [0, 0.1) is 13.8 Å². The molecule has 0 aliphatic heterocycles. The van der Waals surface area contributed by atoms with Crippen molar-refractivity contribution in [2.24, 2.45) is 0 Å². The first-order valence-corrected chi connectivity index (χ1v) is 7.51. The van der Waals surface area contributed by atoms with Crippen molar-refractivity contribution in [3.05, 3.63) is 76.2 Å². The van der Waals surface area contributed by atoms with Crippen molar-refractivity contribution >= 4 is 11.6 Å². The summed E-state index contributed by atoms with van der Waals surface area (Å²) in [5.74, 6) is 0.566. The van der Waals surface area contributed by atoms with Gasteiger partial charge in [-0.05, 0) is 31.5 Å². The first-order chi connectivity index (χ1) is 10.6. The molecule has 0 amide bonds. The third-order valence-corrected chi connectivity index (χ3v) is 3.83. The number of aryl methyl sites for hydroxylation is 2. The number of halogens is 1. The van der Waals surface area contributed by atoms with E-state index < -0.39 is 0 Å². The van der Waals surface area contributed by atoms with Crippen molar-refractivity contribution in [3.8, 4) is 11.5 Å². The molecule has 0 saturated carbocycles. The van der Waals surface area contributed by atoms with Crippen LogP contribution in [0.25, 0.3) is 11.5 Å². The van der Waals surface area contributed by atoms with Gasteiger partial charge in [0.2, 0.25) is 0 Å². The Labute approximate surface area is 135 Å². The van der Waals surface area contributed by atoms with Gasteiger partial charge in [-0.15, -0.1) is 0 Å². The van der Waals surface area contributed by atoms with Crippen LogP contribution in [0.15, 0.2) is 48.7 Å². The van der Waals surface area contributed by atoms with Crippen LogP contribution >= 0.6 is 11.6 Å². The topological polar surface area (TPSA) is 38.7 Å². The van der Waals surface area contributed by atoms with Gasteiger partial charge in [0.25, 0.3) is 0 Å². The second-order valence-electron chi connectivity index (χ2n) is 5.28. The summed E-state index contributed by atoms with van der Waals surface area (Å²) in [6.07, 6.45) is 2.46. The minimum Gasteiger partial charge on any atom is -0.253 e. The molecule has 2 heterocycles. The Morgan fingerprint density at radius 3 is 2.55 bits per heavy atom. The molecule has 0 saturated heterocycles. The number of pyridine rings is 1. The summed E-state index contributed by atoms with van der Waals surface area (Å²) in [6, 6.07) is 14.0. The average Bonchev–Trinajstić information content (AvgIpc) is 2.52. The lowest BCUT2D eigenvalue weighted by atomic mass is 10.0. The van der Waals surface area contributed by atoms with E-state index in [4.69, 9.17) is 11.6 Å². The monoisotopic (exact) mass is 309 g/mol. The highest BCUT2D eigenvalue weighted by molar-refractivity contribution is 6.30. The maximum Gasteiger partial charge on any atom is 0.179 e. The van der Waals surface area contributed by atoms with Gasteiger partial charge in [0.1, 0.15) is 10.8 Å². The lowest BCUT2D eigenvalue weighted by Gasteiger charge is -2.10. The molecule has 0 fully saturated rings. The highest BCUT2D eigenvalue weighted by Crippen LogP contribution is 2.23. The molecule has 0 bridgehead atoms. The third kappa shape index (κ3) is 3.15. The van der Waals surface area contributed by atoms with E-state index in [9.17, 15) is 0 Å². The van der Waals surface area contributed by atoms with Crippen molar-refractivity contribution in [2.45, 2.75) is 20.3 Å². The Morgan fingerprint density at radius 2 is 1.86 bits per heavy atom. The molecule has 0 N–H and O–H groups in total. The Balaban J connectivity index is 1.97. The van der Waals surface area contributed by atoms with Crippen LogP contribution in [0.2, 0.25) is 5.15 Å². The molecular formula is C18H16ClN3. The van der Waals surface area contributed by atoms with Gasteiger partial charge < -0.3 is 0 Å². The maximum absolute atomic E-state index is 6.40. The molecule has 3 nitrogen and oxygen atoms in total. The first-order valence-electron chi connectivity index (χ1n) is 7.13. The van der Waals surface area contributed by atoms with Crippen molar-refractivity contribution in [2.75, 3.05) is 0 Å². The number of rotatable bonds is 3. The standard InChI is InChI=1S/C18H16ClN3/c1-12-6-5-7-14(10-12)11-15-13(2)21-18(22-17(15)19)16-8-3-4-9-20-16/h3-10H,11H2,1-2H3. The van der Waals surface area contributed by atoms with Gasteiger partial charge in [0.15, 0.2) is 5.82 Å². The summed E-state index contributed by atoms with van der Waals surface area (Å²) in [5, 5.41) is 0.495. The second kappa shape index (κ2) is 6.24. The minimum absolute atomic E-state index is 0.495. The SMILES string of the molecule is Cc1cccc(Cc2c(C)nc(-c3ccccn3)nc2Cl)c1. The molecule has 4 heteroatoms. The highest BCUT2D eigenvalue weighted by atomic mass is 35.5. The zero-order chi connectivity index (χ0) is 15.5. The predicted octanol–water partition coefficient (Wildman–Crippen LogP) is 4.40. The number of aromatic nitrogens is 3. The van der Waals surface area contributed by atoms with Gasteiger partial charge >= 0.3 is 0 Å².